The first kappa shape index (κ1) is 18.4. The molecule has 1 saturated heterocycles. The lowest BCUT2D eigenvalue weighted by Gasteiger charge is -2.35. The van der Waals surface area contributed by atoms with E-state index in [0.717, 1.165) is 29.3 Å². The Kier molecular flexibility index (Phi) is 6.12. The second kappa shape index (κ2) is 8.32. The third-order valence-corrected chi connectivity index (χ3v) is 6.42. The number of nitrogens with zero attached hydrogens (tertiary/aromatic N) is 2. The van der Waals surface area contributed by atoms with Crippen LogP contribution in [-0.2, 0) is 4.79 Å². The maximum absolute atomic E-state index is 12.5. The lowest BCUT2D eigenvalue weighted by atomic mass is 9.86. The summed E-state index contributed by atoms with van der Waals surface area (Å²) in [7, 11) is 0. The molecule has 0 spiro atoms. The predicted molar refractivity (Wildman–Crippen MR) is 101 cm³/mol. The maximum atomic E-state index is 12.5. The molecule has 1 aliphatic heterocycles. The number of nitrogens with one attached hydrogen (secondary N) is 1. The van der Waals surface area contributed by atoms with Gasteiger partial charge in [0.25, 0.3) is 5.91 Å². The van der Waals surface area contributed by atoms with Crippen molar-refractivity contribution >= 4 is 23.2 Å². The van der Waals surface area contributed by atoms with E-state index in [1.54, 1.807) is 11.3 Å². The van der Waals surface area contributed by atoms with E-state index in [4.69, 9.17) is 0 Å². The quantitative estimate of drug-likeness (QED) is 0.894. The van der Waals surface area contributed by atoms with Gasteiger partial charge >= 0.3 is 0 Å². The largest absolute Gasteiger partial charge is 0.352 e. The van der Waals surface area contributed by atoms with Crippen LogP contribution in [0.15, 0.2) is 12.1 Å². The fourth-order valence-corrected chi connectivity index (χ4v) is 4.64. The van der Waals surface area contributed by atoms with Gasteiger partial charge in [0.15, 0.2) is 0 Å². The number of hydrogen-bond donors (Lipinski definition) is 1. The van der Waals surface area contributed by atoms with Crippen molar-refractivity contribution in [1.29, 1.82) is 0 Å². The van der Waals surface area contributed by atoms with E-state index < -0.39 is 0 Å². The van der Waals surface area contributed by atoms with Crippen LogP contribution in [0.5, 0.6) is 0 Å². The van der Waals surface area contributed by atoms with Crippen LogP contribution in [0.4, 0.5) is 0 Å². The average Bonchev–Trinajstić information content (AvgIpc) is 3.03. The van der Waals surface area contributed by atoms with Gasteiger partial charge in [-0.1, -0.05) is 19.8 Å². The van der Waals surface area contributed by atoms with Crippen molar-refractivity contribution in [3.8, 4) is 0 Å². The van der Waals surface area contributed by atoms with Gasteiger partial charge in [0.2, 0.25) is 5.91 Å². The summed E-state index contributed by atoms with van der Waals surface area (Å²) in [6, 6.07) is 4.24. The van der Waals surface area contributed by atoms with Gasteiger partial charge in [0, 0.05) is 37.1 Å². The summed E-state index contributed by atoms with van der Waals surface area (Å²) >= 11 is 1.55. The molecule has 0 bridgehead atoms. The van der Waals surface area contributed by atoms with Gasteiger partial charge in [-0.05, 0) is 37.8 Å². The van der Waals surface area contributed by atoms with Gasteiger partial charge in [-0.25, -0.2) is 0 Å². The van der Waals surface area contributed by atoms with E-state index in [1.165, 1.54) is 19.3 Å². The minimum atomic E-state index is 0.123. The Labute approximate surface area is 154 Å². The molecule has 1 aromatic rings. The molecule has 3 rings (SSSR count). The maximum Gasteiger partial charge on any atom is 0.264 e. The summed E-state index contributed by atoms with van der Waals surface area (Å²) in [5, 5.41) is 3.22. The van der Waals surface area contributed by atoms with E-state index in [0.29, 0.717) is 31.6 Å². The molecular formula is C19H29N3O2S. The van der Waals surface area contributed by atoms with E-state index in [-0.39, 0.29) is 11.8 Å². The molecule has 1 aromatic heterocycles. The van der Waals surface area contributed by atoms with Crippen LogP contribution in [-0.4, -0.2) is 60.4 Å². The Morgan fingerprint density at radius 3 is 2.52 bits per heavy atom. The molecule has 6 heteroatoms. The number of hydrogen-bond acceptors (Lipinski definition) is 4. The van der Waals surface area contributed by atoms with Crippen LogP contribution in [0, 0.1) is 12.8 Å². The highest BCUT2D eigenvalue weighted by molar-refractivity contribution is 7.13. The third kappa shape index (κ3) is 4.82. The van der Waals surface area contributed by atoms with Crippen molar-refractivity contribution in [1.82, 2.24) is 15.1 Å². The lowest BCUT2D eigenvalue weighted by molar-refractivity contribution is -0.123. The highest BCUT2D eigenvalue weighted by atomic mass is 32.1. The predicted octanol–water partition coefficient (Wildman–Crippen LogP) is 2.51. The zero-order chi connectivity index (χ0) is 17.8. The number of piperazine rings is 1. The molecule has 1 N–H and O–H groups in total. The van der Waals surface area contributed by atoms with Crippen molar-refractivity contribution in [2.24, 2.45) is 5.92 Å². The zero-order valence-electron chi connectivity index (χ0n) is 15.3. The van der Waals surface area contributed by atoms with Crippen molar-refractivity contribution in [2.45, 2.75) is 45.6 Å². The molecule has 5 nitrogen and oxygen atoms in total. The van der Waals surface area contributed by atoms with Gasteiger partial charge < -0.3 is 10.2 Å². The number of amides is 2. The molecular weight excluding hydrogens is 334 g/mol. The summed E-state index contributed by atoms with van der Waals surface area (Å²) < 4.78 is 0. The van der Waals surface area contributed by atoms with Crippen LogP contribution in [0.25, 0.3) is 0 Å². The standard InChI is InChI=1S/C19H29N3O2S/c1-14-5-3-4-6-16(14)20-18(23)13-21-9-11-22(12-10-21)19(24)17-8-7-15(2)25-17/h7-8,14,16H,3-6,9-13H2,1-2H3,(H,20,23)/t14-,16-/m1/s1. The van der Waals surface area contributed by atoms with Gasteiger partial charge in [-0.3, -0.25) is 14.5 Å². The minimum Gasteiger partial charge on any atom is -0.352 e. The zero-order valence-corrected chi connectivity index (χ0v) is 16.1. The second-order valence-electron chi connectivity index (χ2n) is 7.41. The van der Waals surface area contributed by atoms with Crippen LogP contribution in [0.1, 0.15) is 47.2 Å². The second-order valence-corrected chi connectivity index (χ2v) is 8.70. The summed E-state index contributed by atoms with van der Waals surface area (Å²) in [6.45, 7) is 7.63. The van der Waals surface area contributed by atoms with Crippen LogP contribution in [0.2, 0.25) is 0 Å². The Morgan fingerprint density at radius 2 is 1.88 bits per heavy atom. The Morgan fingerprint density at radius 1 is 1.16 bits per heavy atom. The molecule has 0 aromatic carbocycles. The van der Waals surface area contributed by atoms with E-state index >= 15 is 0 Å². The highest BCUT2D eigenvalue weighted by Gasteiger charge is 2.26. The molecule has 2 fully saturated rings. The topological polar surface area (TPSA) is 52.7 Å². The van der Waals surface area contributed by atoms with E-state index in [9.17, 15) is 9.59 Å². The molecule has 0 unspecified atom stereocenters. The lowest BCUT2D eigenvalue weighted by Crippen LogP contribution is -2.52. The fraction of sp³-hybridized carbons (Fsp3) is 0.684. The van der Waals surface area contributed by atoms with Crippen LogP contribution < -0.4 is 5.32 Å². The third-order valence-electron chi connectivity index (χ3n) is 5.44. The molecule has 1 saturated carbocycles. The van der Waals surface area contributed by atoms with Crippen molar-refractivity contribution in [2.75, 3.05) is 32.7 Å². The number of thiophene rings is 1. The molecule has 25 heavy (non-hydrogen) atoms. The Hall–Kier alpha value is -1.40. The molecule has 2 atom stereocenters. The molecule has 0 radical (unpaired) electrons. The Bertz CT molecular complexity index is 608. The molecule has 2 aliphatic rings. The average molecular weight is 364 g/mol. The summed E-state index contributed by atoms with van der Waals surface area (Å²) in [5.74, 6) is 0.840. The normalized spacial score (nSPS) is 25.0. The smallest absolute Gasteiger partial charge is 0.264 e. The van der Waals surface area contributed by atoms with Gasteiger partial charge in [0.05, 0.1) is 11.4 Å². The first-order valence-corrected chi connectivity index (χ1v) is 10.2. The Balaban J connectivity index is 1.43. The SMILES string of the molecule is Cc1ccc(C(=O)N2CCN(CC(=O)N[C@@H]3CCCC[C@H]3C)CC2)s1. The number of aryl methyl sites for hydroxylation is 1. The molecule has 1 aliphatic carbocycles. The fourth-order valence-electron chi connectivity index (χ4n) is 3.80. The van der Waals surface area contributed by atoms with Crippen LogP contribution in [0.3, 0.4) is 0 Å². The van der Waals surface area contributed by atoms with E-state index in [2.05, 4.69) is 17.1 Å². The van der Waals surface area contributed by atoms with Gasteiger partial charge in [-0.15, -0.1) is 11.3 Å². The van der Waals surface area contributed by atoms with Crippen LogP contribution >= 0.6 is 11.3 Å². The molecule has 2 amide bonds. The van der Waals surface area contributed by atoms with Crippen molar-refractivity contribution in [3.63, 3.8) is 0 Å². The summed E-state index contributed by atoms with van der Waals surface area (Å²) in [6.07, 6.45) is 4.83. The summed E-state index contributed by atoms with van der Waals surface area (Å²) in [5.41, 5.74) is 0. The number of rotatable bonds is 4. The monoisotopic (exact) mass is 363 g/mol. The number of carbonyl (C=O) groups excluding carboxylic acids is 2. The molecule has 138 valence electrons. The first-order valence-electron chi connectivity index (χ1n) is 9.40. The minimum absolute atomic E-state index is 0.123. The van der Waals surface area contributed by atoms with Crippen molar-refractivity contribution in [3.05, 3.63) is 21.9 Å². The van der Waals surface area contributed by atoms with Gasteiger partial charge in [-0.2, -0.15) is 0 Å². The first-order chi connectivity index (χ1) is 12.0. The summed E-state index contributed by atoms with van der Waals surface area (Å²) in [4.78, 5) is 30.9. The highest BCUT2D eigenvalue weighted by Crippen LogP contribution is 2.23. The van der Waals surface area contributed by atoms with Crippen molar-refractivity contribution < 1.29 is 9.59 Å². The molecule has 2 heterocycles. The van der Waals surface area contributed by atoms with Gasteiger partial charge in [0.1, 0.15) is 0 Å². The number of carbonyl (C=O) groups is 2. The van der Waals surface area contributed by atoms with E-state index in [1.807, 2.05) is 24.0 Å².